The van der Waals surface area contributed by atoms with E-state index in [4.69, 9.17) is 4.74 Å². The Hall–Kier alpha value is -2.90. The van der Waals surface area contributed by atoms with Crippen molar-refractivity contribution in [2.45, 2.75) is 0 Å². The average molecular weight is 309 g/mol. The highest BCUT2D eigenvalue weighted by atomic mass is 19.2. The second-order valence-corrected chi connectivity index (χ2v) is 4.22. The van der Waals surface area contributed by atoms with Gasteiger partial charge in [0.15, 0.2) is 0 Å². The van der Waals surface area contributed by atoms with Crippen LogP contribution in [0.15, 0.2) is 43.0 Å². The number of rotatable bonds is 3. The number of imidazole rings is 1. The first-order valence-electron chi connectivity index (χ1n) is 6.02. The molecule has 4 nitrogen and oxygen atoms in total. The Morgan fingerprint density at radius 3 is 2.36 bits per heavy atom. The van der Waals surface area contributed by atoms with Gasteiger partial charge in [0.05, 0.1) is 12.0 Å². The molecule has 0 aliphatic heterocycles. The van der Waals surface area contributed by atoms with Crippen LogP contribution in [0, 0.1) is 23.5 Å². The van der Waals surface area contributed by atoms with E-state index in [2.05, 4.69) is 9.97 Å². The summed E-state index contributed by atoms with van der Waals surface area (Å²) in [4.78, 5) is 6.32. The number of halogens is 4. The van der Waals surface area contributed by atoms with Crippen LogP contribution >= 0.6 is 0 Å². The van der Waals surface area contributed by atoms with E-state index < -0.39 is 29.3 Å². The van der Waals surface area contributed by atoms with Gasteiger partial charge in [0.1, 0.15) is 5.75 Å². The third-order valence-electron chi connectivity index (χ3n) is 2.80. The van der Waals surface area contributed by atoms with E-state index >= 15 is 0 Å². The molecule has 1 aromatic carbocycles. The summed E-state index contributed by atoms with van der Waals surface area (Å²) in [6.45, 7) is 0. The maximum Gasteiger partial charge on any atom is 0.255 e. The zero-order chi connectivity index (χ0) is 15.7. The van der Waals surface area contributed by atoms with Gasteiger partial charge in [-0.3, -0.25) is 0 Å². The smallest absolute Gasteiger partial charge is 0.255 e. The number of benzene rings is 1. The summed E-state index contributed by atoms with van der Waals surface area (Å²) in [6.07, 6.45) is 4.69. The highest BCUT2D eigenvalue weighted by Gasteiger charge is 2.22. The first-order chi connectivity index (χ1) is 10.6. The summed E-state index contributed by atoms with van der Waals surface area (Å²) in [5.41, 5.74) is 0.589. The van der Waals surface area contributed by atoms with Gasteiger partial charge in [-0.2, -0.15) is 22.5 Å². The summed E-state index contributed by atoms with van der Waals surface area (Å²) in [5, 5.41) is 0. The number of pyridine rings is 1. The predicted octanol–water partition coefficient (Wildman–Crippen LogP) is 3.62. The van der Waals surface area contributed by atoms with E-state index in [0.29, 0.717) is 5.69 Å². The fourth-order valence-corrected chi connectivity index (χ4v) is 1.79. The molecule has 0 radical (unpaired) electrons. The Morgan fingerprint density at radius 1 is 1.00 bits per heavy atom. The SMILES string of the molecule is Fc1nc(F)c(F)c(Oc2cccc(-n3ccnc3)c2)c1F. The van der Waals surface area contributed by atoms with Crippen molar-refractivity contribution in [3.05, 3.63) is 66.5 Å². The minimum absolute atomic E-state index is 0.00556. The van der Waals surface area contributed by atoms with Crippen molar-refractivity contribution in [3.8, 4) is 17.2 Å². The van der Waals surface area contributed by atoms with Crippen molar-refractivity contribution in [2.24, 2.45) is 0 Å². The normalized spacial score (nSPS) is 10.7. The van der Waals surface area contributed by atoms with Crippen molar-refractivity contribution in [1.29, 1.82) is 0 Å². The highest BCUT2D eigenvalue weighted by molar-refractivity contribution is 5.41. The second kappa shape index (κ2) is 5.47. The van der Waals surface area contributed by atoms with Crippen LogP contribution in [0.5, 0.6) is 11.5 Å². The Bertz CT molecular complexity index is 795. The molecule has 0 spiro atoms. The van der Waals surface area contributed by atoms with Crippen molar-refractivity contribution in [1.82, 2.24) is 14.5 Å². The Balaban J connectivity index is 1.99. The molecule has 2 heterocycles. The lowest BCUT2D eigenvalue weighted by Crippen LogP contribution is -2.03. The third-order valence-corrected chi connectivity index (χ3v) is 2.80. The molecule has 2 aromatic heterocycles. The van der Waals surface area contributed by atoms with Gasteiger partial charge < -0.3 is 9.30 Å². The topological polar surface area (TPSA) is 39.9 Å². The van der Waals surface area contributed by atoms with Crippen LogP contribution in [0.1, 0.15) is 0 Å². The number of nitrogens with zero attached hydrogens (tertiary/aromatic N) is 3. The molecule has 0 saturated carbocycles. The van der Waals surface area contributed by atoms with E-state index in [0.717, 1.165) is 0 Å². The van der Waals surface area contributed by atoms with Gasteiger partial charge in [0.25, 0.3) is 11.9 Å². The summed E-state index contributed by atoms with van der Waals surface area (Å²) in [6, 6.07) is 6.05. The fraction of sp³-hybridized carbons (Fsp3) is 0. The van der Waals surface area contributed by atoms with E-state index in [1.165, 1.54) is 18.5 Å². The number of ether oxygens (including phenoxy) is 1. The summed E-state index contributed by atoms with van der Waals surface area (Å²) < 4.78 is 59.7. The molecule has 3 rings (SSSR count). The zero-order valence-electron chi connectivity index (χ0n) is 10.8. The standard InChI is InChI=1S/C14H7F4N3O/c15-10-12(11(16)14(18)20-13(10)17)22-9-3-1-2-8(6-9)21-5-4-19-7-21/h1-7H. The molecule has 0 unspecified atom stereocenters. The van der Waals surface area contributed by atoms with Crippen molar-refractivity contribution < 1.29 is 22.3 Å². The lowest BCUT2D eigenvalue weighted by Gasteiger charge is -2.10. The van der Waals surface area contributed by atoms with E-state index in [1.54, 1.807) is 29.1 Å². The van der Waals surface area contributed by atoms with Gasteiger partial charge >= 0.3 is 0 Å². The molecule has 112 valence electrons. The molecule has 22 heavy (non-hydrogen) atoms. The fourth-order valence-electron chi connectivity index (χ4n) is 1.79. The van der Waals surface area contributed by atoms with Crippen LogP contribution in [-0.4, -0.2) is 14.5 Å². The van der Waals surface area contributed by atoms with Gasteiger partial charge in [-0.05, 0) is 12.1 Å². The molecular formula is C14H7F4N3O. The van der Waals surface area contributed by atoms with Crippen LogP contribution < -0.4 is 4.74 Å². The molecule has 0 saturated heterocycles. The lowest BCUT2D eigenvalue weighted by atomic mass is 10.3. The van der Waals surface area contributed by atoms with E-state index in [1.807, 2.05) is 0 Å². The monoisotopic (exact) mass is 309 g/mol. The molecule has 0 fully saturated rings. The minimum atomic E-state index is -1.78. The van der Waals surface area contributed by atoms with Crippen LogP contribution in [0.3, 0.4) is 0 Å². The summed E-state index contributed by atoms with van der Waals surface area (Å²) in [5.74, 6) is -8.15. The molecule has 0 amide bonds. The van der Waals surface area contributed by atoms with Crippen molar-refractivity contribution >= 4 is 0 Å². The van der Waals surface area contributed by atoms with Crippen LogP contribution in [-0.2, 0) is 0 Å². The molecule has 0 N–H and O–H groups in total. The predicted molar refractivity (Wildman–Crippen MR) is 67.7 cm³/mol. The van der Waals surface area contributed by atoms with Gasteiger partial charge in [-0.15, -0.1) is 0 Å². The third kappa shape index (κ3) is 2.50. The molecule has 0 bridgehead atoms. The average Bonchev–Trinajstić information content (AvgIpc) is 3.04. The number of hydrogen-bond acceptors (Lipinski definition) is 3. The molecule has 0 atom stereocenters. The molecule has 8 heteroatoms. The quantitative estimate of drug-likeness (QED) is 0.548. The maximum absolute atomic E-state index is 13.5. The minimum Gasteiger partial charge on any atom is -0.451 e. The van der Waals surface area contributed by atoms with Crippen molar-refractivity contribution in [3.63, 3.8) is 0 Å². The van der Waals surface area contributed by atoms with Gasteiger partial charge in [-0.1, -0.05) is 6.07 Å². The first kappa shape index (κ1) is 14.1. The number of aromatic nitrogens is 3. The van der Waals surface area contributed by atoms with E-state index in [9.17, 15) is 17.6 Å². The van der Waals surface area contributed by atoms with Gasteiger partial charge in [0, 0.05) is 18.5 Å². The molecular weight excluding hydrogens is 302 g/mol. The summed E-state index contributed by atoms with van der Waals surface area (Å²) >= 11 is 0. The molecule has 0 aliphatic carbocycles. The Kier molecular flexibility index (Phi) is 3.50. The highest BCUT2D eigenvalue weighted by Crippen LogP contribution is 2.30. The van der Waals surface area contributed by atoms with Crippen LogP contribution in [0.4, 0.5) is 17.6 Å². The van der Waals surface area contributed by atoms with Gasteiger partial charge in [-0.25, -0.2) is 4.98 Å². The van der Waals surface area contributed by atoms with Crippen LogP contribution in [0.25, 0.3) is 5.69 Å². The molecule has 3 aromatic rings. The number of hydrogen-bond donors (Lipinski definition) is 0. The first-order valence-corrected chi connectivity index (χ1v) is 6.02. The van der Waals surface area contributed by atoms with Gasteiger partial charge in [0.2, 0.25) is 17.4 Å². The Labute approximate surface area is 121 Å². The largest absolute Gasteiger partial charge is 0.451 e. The summed E-state index contributed by atoms with van der Waals surface area (Å²) in [7, 11) is 0. The van der Waals surface area contributed by atoms with Crippen LogP contribution in [0.2, 0.25) is 0 Å². The molecule has 0 aliphatic rings. The second-order valence-electron chi connectivity index (χ2n) is 4.22. The lowest BCUT2D eigenvalue weighted by molar-refractivity contribution is 0.343. The van der Waals surface area contributed by atoms with Crippen molar-refractivity contribution in [2.75, 3.05) is 0 Å². The Morgan fingerprint density at radius 2 is 1.73 bits per heavy atom. The van der Waals surface area contributed by atoms with E-state index in [-0.39, 0.29) is 5.75 Å². The zero-order valence-corrected chi connectivity index (χ0v) is 10.8. The maximum atomic E-state index is 13.5.